The zero-order valence-corrected chi connectivity index (χ0v) is 6.35. The van der Waals surface area contributed by atoms with Crippen LogP contribution in [-0.4, -0.2) is 33.6 Å². The molecule has 0 amide bonds. The van der Waals surface area contributed by atoms with Gasteiger partial charge in [-0.05, 0) is 6.42 Å². The van der Waals surface area contributed by atoms with Gasteiger partial charge in [0, 0.05) is 0 Å². The van der Waals surface area contributed by atoms with Crippen molar-refractivity contribution in [3.63, 3.8) is 0 Å². The Balaban J connectivity index is 3.88. The molecule has 3 atom stereocenters. The molecule has 0 aliphatic rings. The van der Waals surface area contributed by atoms with Crippen molar-refractivity contribution in [2.24, 2.45) is 0 Å². The van der Waals surface area contributed by atoms with Crippen LogP contribution < -0.4 is 0 Å². The zero-order valence-electron chi connectivity index (χ0n) is 6.35. The summed E-state index contributed by atoms with van der Waals surface area (Å²) in [7, 11) is 0. The molecule has 0 spiro atoms. The Morgan fingerprint density at radius 3 is 2.09 bits per heavy atom. The molecule has 0 heterocycles. The Bertz CT molecular complexity index is 133. The lowest BCUT2D eigenvalue weighted by molar-refractivity contribution is -0.0392. The second-order valence-electron chi connectivity index (χ2n) is 2.31. The quantitative estimate of drug-likeness (QED) is 0.487. The van der Waals surface area contributed by atoms with E-state index in [1.54, 1.807) is 0 Å². The molecule has 0 aromatic heterocycles. The standard InChI is InChI=1S/C8H14O3/c1-3-5-7(10)8(11)6(9)4-2/h3-4,6-11H,1-2,5H2/t6-,7-,8-/m1/s1. The van der Waals surface area contributed by atoms with Gasteiger partial charge in [0.15, 0.2) is 0 Å². The Morgan fingerprint density at radius 1 is 1.18 bits per heavy atom. The summed E-state index contributed by atoms with van der Waals surface area (Å²) in [5.74, 6) is 0. The predicted molar refractivity (Wildman–Crippen MR) is 43.0 cm³/mol. The van der Waals surface area contributed by atoms with Crippen LogP contribution in [0.25, 0.3) is 0 Å². The van der Waals surface area contributed by atoms with Crippen molar-refractivity contribution in [3.05, 3.63) is 25.3 Å². The van der Waals surface area contributed by atoms with Gasteiger partial charge in [-0.3, -0.25) is 0 Å². The molecule has 0 saturated carbocycles. The monoisotopic (exact) mass is 158 g/mol. The van der Waals surface area contributed by atoms with E-state index < -0.39 is 18.3 Å². The number of hydrogen-bond acceptors (Lipinski definition) is 3. The van der Waals surface area contributed by atoms with Crippen LogP contribution in [0, 0.1) is 0 Å². The van der Waals surface area contributed by atoms with Gasteiger partial charge in [0.1, 0.15) is 12.2 Å². The summed E-state index contributed by atoms with van der Waals surface area (Å²) < 4.78 is 0. The van der Waals surface area contributed by atoms with Crippen molar-refractivity contribution in [2.75, 3.05) is 0 Å². The molecule has 0 saturated heterocycles. The first-order valence-electron chi connectivity index (χ1n) is 3.41. The summed E-state index contributed by atoms with van der Waals surface area (Å²) in [5, 5.41) is 27.1. The summed E-state index contributed by atoms with van der Waals surface area (Å²) in [6.45, 7) is 6.67. The molecule has 0 aliphatic heterocycles. The minimum Gasteiger partial charge on any atom is -0.390 e. The maximum absolute atomic E-state index is 9.10. The van der Waals surface area contributed by atoms with Gasteiger partial charge in [-0.1, -0.05) is 12.2 Å². The van der Waals surface area contributed by atoms with Crippen molar-refractivity contribution >= 4 is 0 Å². The van der Waals surface area contributed by atoms with E-state index in [2.05, 4.69) is 13.2 Å². The van der Waals surface area contributed by atoms with Crippen molar-refractivity contribution in [1.82, 2.24) is 0 Å². The molecule has 0 aromatic rings. The van der Waals surface area contributed by atoms with Crippen molar-refractivity contribution in [2.45, 2.75) is 24.7 Å². The highest BCUT2D eigenvalue weighted by molar-refractivity contribution is 4.90. The molecule has 0 radical (unpaired) electrons. The minimum atomic E-state index is -1.18. The average molecular weight is 158 g/mol. The van der Waals surface area contributed by atoms with Crippen molar-refractivity contribution in [1.29, 1.82) is 0 Å². The molecule has 0 aliphatic carbocycles. The molecule has 0 rings (SSSR count). The summed E-state index contributed by atoms with van der Waals surface area (Å²) in [5.41, 5.74) is 0. The van der Waals surface area contributed by atoms with Gasteiger partial charge in [-0.25, -0.2) is 0 Å². The second kappa shape index (κ2) is 5.07. The maximum atomic E-state index is 9.10. The topological polar surface area (TPSA) is 60.7 Å². The van der Waals surface area contributed by atoms with Gasteiger partial charge >= 0.3 is 0 Å². The predicted octanol–water partition coefficient (Wildman–Crippen LogP) is -0.169. The lowest BCUT2D eigenvalue weighted by Crippen LogP contribution is -2.35. The SMILES string of the molecule is C=CC[C@@H](O)[C@H](O)[C@H](O)C=C. The summed E-state index contributed by atoms with van der Waals surface area (Å²) in [4.78, 5) is 0. The van der Waals surface area contributed by atoms with Gasteiger partial charge in [0.2, 0.25) is 0 Å². The van der Waals surface area contributed by atoms with E-state index >= 15 is 0 Å². The molecule has 0 bridgehead atoms. The first kappa shape index (κ1) is 10.4. The van der Waals surface area contributed by atoms with Crippen LogP contribution in [0.1, 0.15) is 6.42 Å². The Labute approximate surface area is 66.3 Å². The lowest BCUT2D eigenvalue weighted by atomic mass is 10.1. The average Bonchev–Trinajstić information content (AvgIpc) is 2.02. The van der Waals surface area contributed by atoms with Crippen LogP contribution in [0.3, 0.4) is 0 Å². The highest BCUT2D eigenvalue weighted by Crippen LogP contribution is 2.04. The number of hydrogen-bond donors (Lipinski definition) is 3. The minimum absolute atomic E-state index is 0.256. The molecule has 64 valence electrons. The highest BCUT2D eigenvalue weighted by atomic mass is 16.4. The fraction of sp³-hybridized carbons (Fsp3) is 0.500. The highest BCUT2D eigenvalue weighted by Gasteiger charge is 2.20. The molecule has 0 unspecified atom stereocenters. The molecule has 0 aromatic carbocycles. The second-order valence-corrected chi connectivity index (χ2v) is 2.31. The van der Waals surface area contributed by atoms with Crippen LogP contribution in [0.5, 0.6) is 0 Å². The first-order valence-corrected chi connectivity index (χ1v) is 3.41. The van der Waals surface area contributed by atoms with Gasteiger partial charge in [0.25, 0.3) is 0 Å². The normalized spacial score (nSPS) is 18.5. The van der Waals surface area contributed by atoms with E-state index in [0.29, 0.717) is 0 Å². The first-order chi connectivity index (χ1) is 5.13. The molecular weight excluding hydrogens is 144 g/mol. The number of rotatable bonds is 5. The fourth-order valence-electron chi connectivity index (χ4n) is 0.677. The van der Waals surface area contributed by atoms with Crippen molar-refractivity contribution in [3.8, 4) is 0 Å². The van der Waals surface area contributed by atoms with Crippen LogP contribution in [0.15, 0.2) is 25.3 Å². The van der Waals surface area contributed by atoms with E-state index in [1.807, 2.05) is 0 Å². The molecule has 3 nitrogen and oxygen atoms in total. The molecule has 0 fully saturated rings. The van der Waals surface area contributed by atoms with Gasteiger partial charge in [-0.15, -0.1) is 13.2 Å². The smallest absolute Gasteiger partial charge is 0.110 e. The third-order valence-electron chi connectivity index (χ3n) is 1.39. The van der Waals surface area contributed by atoms with Crippen LogP contribution in [0.4, 0.5) is 0 Å². The van der Waals surface area contributed by atoms with Crippen molar-refractivity contribution < 1.29 is 15.3 Å². The fourth-order valence-corrected chi connectivity index (χ4v) is 0.677. The van der Waals surface area contributed by atoms with E-state index in [1.165, 1.54) is 12.2 Å². The third-order valence-corrected chi connectivity index (χ3v) is 1.39. The van der Waals surface area contributed by atoms with E-state index in [0.717, 1.165) is 0 Å². The Morgan fingerprint density at radius 2 is 1.73 bits per heavy atom. The maximum Gasteiger partial charge on any atom is 0.110 e. The van der Waals surface area contributed by atoms with Crippen LogP contribution in [0.2, 0.25) is 0 Å². The summed E-state index contributed by atoms with van der Waals surface area (Å²) >= 11 is 0. The molecule has 3 N–H and O–H groups in total. The van der Waals surface area contributed by atoms with E-state index in [9.17, 15) is 0 Å². The summed E-state index contributed by atoms with van der Waals surface area (Å²) in [6.07, 6.45) is -0.317. The third kappa shape index (κ3) is 3.32. The number of aliphatic hydroxyl groups is 3. The van der Waals surface area contributed by atoms with Gasteiger partial charge < -0.3 is 15.3 Å². The van der Waals surface area contributed by atoms with E-state index in [-0.39, 0.29) is 6.42 Å². The molecule has 3 heteroatoms. The Hall–Kier alpha value is -0.640. The zero-order chi connectivity index (χ0) is 8.85. The molecule has 11 heavy (non-hydrogen) atoms. The van der Waals surface area contributed by atoms with Crippen LogP contribution >= 0.6 is 0 Å². The summed E-state index contributed by atoms with van der Waals surface area (Å²) in [6, 6.07) is 0. The number of aliphatic hydroxyl groups excluding tert-OH is 3. The molecular formula is C8H14O3. The largest absolute Gasteiger partial charge is 0.390 e. The van der Waals surface area contributed by atoms with Crippen LogP contribution in [-0.2, 0) is 0 Å². The van der Waals surface area contributed by atoms with E-state index in [4.69, 9.17) is 15.3 Å². The van der Waals surface area contributed by atoms with Gasteiger partial charge in [0.05, 0.1) is 6.10 Å². The van der Waals surface area contributed by atoms with Gasteiger partial charge in [-0.2, -0.15) is 0 Å². The lowest BCUT2D eigenvalue weighted by Gasteiger charge is -2.18. The Kier molecular flexibility index (Phi) is 4.77.